The first-order chi connectivity index (χ1) is 12.2. The zero-order chi connectivity index (χ0) is 17.2. The molecule has 0 unspecified atom stereocenters. The molecule has 2 heterocycles. The molecule has 4 nitrogen and oxygen atoms in total. The summed E-state index contributed by atoms with van der Waals surface area (Å²) in [5, 5.41) is 6.01. The van der Waals surface area contributed by atoms with Crippen molar-refractivity contribution in [1.29, 1.82) is 0 Å². The van der Waals surface area contributed by atoms with E-state index in [4.69, 9.17) is 0 Å². The van der Waals surface area contributed by atoms with Crippen LogP contribution >= 0.6 is 11.3 Å². The van der Waals surface area contributed by atoms with Crippen LogP contribution in [0.3, 0.4) is 0 Å². The first-order valence-electron chi connectivity index (χ1n) is 8.44. The third-order valence-electron chi connectivity index (χ3n) is 4.22. The van der Waals surface area contributed by atoms with Crippen molar-refractivity contribution in [1.82, 2.24) is 9.97 Å². The number of carbonyl (C=O) groups is 1. The molecule has 4 rings (SSSR count). The van der Waals surface area contributed by atoms with Crippen LogP contribution in [0.1, 0.15) is 35.0 Å². The maximum absolute atomic E-state index is 12.2. The van der Waals surface area contributed by atoms with Crippen molar-refractivity contribution in [2.45, 2.75) is 32.1 Å². The number of aryl methyl sites for hydroxylation is 1. The van der Waals surface area contributed by atoms with E-state index in [1.807, 2.05) is 23.6 Å². The van der Waals surface area contributed by atoms with Crippen LogP contribution in [0.25, 0.3) is 11.1 Å². The van der Waals surface area contributed by atoms with Gasteiger partial charge in [0.2, 0.25) is 5.91 Å². The first-order valence-corrected chi connectivity index (χ1v) is 9.32. The van der Waals surface area contributed by atoms with Crippen molar-refractivity contribution in [3.05, 3.63) is 64.2 Å². The van der Waals surface area contributed by atoms with Gasteiger partial charge in [-0.3, -0.25) is 4.79 Å². The number of hydrogen-bond acceptors (Lipinski definition) is 4. The van der Waals surface area contributed by atoms with Crippen molar-refractivity contribution in [3.63, 3.8) is 0 Å². The summed E-state index contributed by atoms with van der Waals surface area (Å²) in [5.74, 6) is 1.13. The lowest BCUT2D eigenvalue weighted by Gasteiger charge is -2.06. The van der Waals surface area contributed by atoms with Crippen LogP contribution in [0.15, 0.2) is 48.0 Å². The summed E-state index contributed by atoms with van der Waals surface area (Å²) in [4.78, 5) is 21.1. The lowest BCUT2D eigenvalue weighted by molar-refractivity contribution is -0.115. The van der Waals surface area contributed by atoms with Gasteiger partial charge in [0.05, 0.1) is 17.1 Å². The molecular formula is C20H19N3OS. The van der Waals surface area contributed by atoms with Gasteiger partial charge in [0, 0.05) is 23.1 Å². The topological polar surface area (TPSA) is 54.9 Å². The fraction of sp³-hybridized carbons (Fsp3) is 0.250. The smallest absolute Gasteiger partial charge is 0.231 e. The molecule has 0 spiro atoms. The van der Waals surface area contributed by atoms with E-state index in [1.165, 1.54) is 23.4 Å². The van der Waals surface area contributed by atoms with Crippen molar-refractivity contribution in [3.8, 4) is 11.1 Å². The summed E-state index contributed by atoms with van der Waals surface area (Å²) >= 11 is 1.66. The molecule has 25 heavy (non-hydrogen) atoms. The first kappa shape index (κ1) is 16.0. The standard InChI is InChI=1S/C20H19N3OS/c1-13-3-2-4-15(9-13)16-7-8-18(21-11-16)23-19(24)10-17-12-25-20(22-17)14-5-6-14/h2-4,7-9,11-12,14H,5-6,10H2,1H3,(H,21,23,24). The van der Waals surface area contributed by atoms with Crippen molar-refractivity contribution in [2.24, 2.45) is 0 Å². The van der Waals surface area contributed by atoms with Gasteiger partial charge in [-0.25, -0.2) is 9.97 Å². The highest BCUT2D eigenvalue weighted by Gasteiger charge is 2.26. The highest BCUT2D eigenvalue weighted by atomic mass is 32.1. The molecule has 0 bridgehead atoms. The number of pyridine rings is 1. The molecular weight excluding hydrogens is 330 g/mol. The SMILES string of the molecule is Cc1cccc(-c2ccc(NC(=O)Cc3csc(C4CC4)n3)nc2)c1. The maximum Gasteiger partial charge on any atom is 0.231 e. The van der Waals surface area contributed by atoms with Crippen LogP contribution in [0, 0.1) is 6.92 Å². The summed E-state index contributed by atoms with van der Waals surface area (Å²) in [7, 11) is 0. The Hall–Kier alpha value is -2.53. The van der Waals surface area contributed by atoms with E-state index in [-0.39, 0.29) is 5.91 Å². The number of benzene rings is 1. The van der Waals surface area contributed by atoms with E-state index in [2.05, 4.69) is 40.4 Å². The number of amides is 1. The minimum absolute atomic E-state index is 0.0801. The molecule has 1 aliphatic carbocycles. The van der Waals surface area contributed by atoms with Gasteiger partial charge < -0.3 is 5.32 Å². The highest BCUT2D eigenvalue weighted by molar-refractivity contribution is 7.09. The minimum atomic E-state index is -0.0801. The number of nitrogens with one attached hydrogen (secondary N) is 1. The third-order valence-corrected chi connectivity index (χ3v) is 5.28. The fourth-order valence-corrected chi connectivity index (χ4v) is 3.73. The Kier molecular flexibility index (Phi) is 4.32. The predicted octanol–water partition coefficient (Wildman–Crippen LogP) is 4.57. The van der Waals surface area contributed by atoms with E-state index < -0.39 is 0 Å². The van der Waals surface area contributed by atoms with Crippen molar-refractivity contribution in [2.75, 3.05) is 5.32 Å². The van der Waals surface area contributed by atoms with E-state index >= 15 is 0 Å². The Balaban J connectivity index is 1.39. The Labute approximate surface area is 151 Å². The van der Waals surface area contributed by atoms with Crippen LogP contribution in [-0.4, -0.2) is 15.9 Å². The van der Waals surface area contributed by atoms with Crippen LogP contribution in [-0.2, 0) is 11.2 Å². The average molecular weight is 349 g/mol. The number of nitrogens with zero attached hydrogens (tertiary/aromatic N) is 2. The van der Waals surface area contributed by atoms with Gasteiger partial charge in [-0.1, -0.05) is 29.8 Å². The largest absolute Gasteiger partial charge is 0.310 e. The molecule has 126 valence electrons. The van der Waals surface area contributed by atoms with E-state index in [1.54, 1.807) is 17.5 Å². The number of carbonyl (C=O) groups excluding carboxylic acids is 1. The molecule has 0 saturated heterocycles. The summed E-state index contributed by atoms with van der Waals surface area (Å²) in [6, 6.07) is 12.1. The van der Waals surface area contributed by atoms with Gasteiger partial charge in [0.15, 0.2) is 0 Å². The second kappa shape index (κ2) is 6.76. The number of thiazole rings is 1. The predicted molar refractivity (Wildman–Crippen MR) is 101 cm³/mol. The molecule has 0 radical (unpaired) electrons. The van der Waals surface area contributed by atoms with E-state index in [0.717, 1.165) is 16.8 Å². The number of rotatable bonds is 5. The Morgan fingerprint density at radius 2 is 2.12 bits per heavy atom. The fourth-order valence-electron chi connectivity index (χ4n) is 2.74. The van der Waals surface area contributed by atoms with Gasteiger partial charge in [-0.15, -0.1) is 11.3 Å². The molecule has 1 saturated carbocycles. The Morgan fingerprint density at radius 1 is 1.24 bits per heavy atom. The lowest BCUT2D eigenvalue weighted by Crippen LogP contribution is -2.15. The second-order valence-corrected chi connectivity index (χ2v) is 7.37. The summed E-state index contributed by atoms with van der Waals surface area (Å²) < 4.78 is 0. The van der Waals surface area contributed by atoms with Gasteiger partial charge in [0.1, 0.15) is 5.82 Å². The molecule has 1 fully saturated rings. The van der Waals surface area contributed by atoms with Crippen LogP contribution in [0.2, 0.25) is 0 Å². The normalized spacial score (nSPS) is 13.6. The van der Waals surface area contributed by atoms with E-state index in [0.29, 0.717) is 18.2 Å². The van der Waals surface area contributed by atoms with Gasteiger partial charge in [-0.2, -0.15) is 0 Å². The zero-order valence-corrected chi connectivity index (χ0v) is 14.8. The van der Waals surface area contributed by atoms with Crippen molar-refractivity contribution >= 4 is 23.1 Å². The monoisotopic (exact) mass is 349 g/mol. The van der Waals surface area contributed by atoms with E-state index in [9.17, 15) is 4.79 Å². The molecule has 2 aromatic heterocycles. The van der Waals surface area contributed by atoms with Gasteiger partial charge in [0.25, 0.3) is 0 Å². The van der Waals surface area contributed by atoms with Crippen molar-refractivity contribution < 1.29 is 4.79 Å². The van der Waals surface area contributed by atoms with Gasteiger partial charge >= 0.3 is 0 Å². The summed E-state index contributed by atoms with van der Waals surface area (Å²) in [6.45, 7) is 2.07. The second-order valence-electron chi connectivity index (χ2n) is 6.48. The molecule has 0 aliphatic heterocycles. The number of hydrogen-bond donors (Lipinski definition) is 1. The summed E-state index contributed by atoms with van der Waals surface area (Å²) in [6.07, 6.45) is 4.55. The van der Waals surface area contributed by atoms with Crippen LogP contribution in [0.5, 0.6) is 0 Å². The maximum atomic E-state index is 12.2. The molecule has 1 N–H and O–H groups in total. The molecule has 1 aromatic carbocycles. The van der Waals surface area contributed by atoms with Crippen LogP contribution < -0.4 is 5.32 Å². The molecule has 5 heteroatoms. The molecule has 0 atom stereocenters. The van der Waals surface area contributed by atoms with Crippen LogP contribution in [0.4, 0.5) is 5.82 Å². The highest BCUT2D eigenvalue weighted by Crippen LogP contribution is 2.41. The Bertz CT molecular complexity index is 897. The lowest BCUT2D eigenvalue weighted by atomic mass is 10.1. The quantitative estimate of drug-likeness (QED) is 0.734. The summed E-state index contributed by atoms with van der Waals surface area (Å²) in [5.41, 5.74) is 4.22. The molecule has 1 amide bonds. The molecule has 1 aliphatic rings. The minimum Gasteiger partial charge on any atom is -0.310 e. The third kappa shape index (κ3) is 3.94. The Morgan fingerprint density at radius 3 is 2.84 bits per heavy atom. The molecule has 3 aromatic rings. The number of anilines is 1. The van der Waals surface area contributed by atoms with Gasteiger partial charge in [-0.05, 0) is 37.5 Å². The number of aromatic nitrogens is 2. The average Bonchev–Trinajstić information content (AvgIpc) is 3.35. The zero-order valence-electron chi connectivity index (χ0n) is 14.0.